The molecule has 1 saturated carbocycles. The van der Waals surface area contributed by atoms with E-state index in [0.717, 1.165) is 41.0 Å². The van der Waals surface area contributed by atoms with Crippen molar-refractivity contribution in [2.45, 2.75) is 43.0 Å². The summed E-state index contributed by atoms with van der Waals surface area (Å²) in [5.74, 6) is 0.527. The summed E-state index contributed by atoms with van der Waals surface area (Å²) in [6, 6.07) is 9.67. The van der Waals surface area contributed by atoms with Crippen molar-refractivity contribution in [2.24, 2.45) is 0 Å². The number of pyridine rings is 1. The third-order valence-corrected chi connectivity index (χ3v) is 6.67. The molecule has 1 aromatic carbocycles. The molecule has 1 fully saturated rings. The number of ether oxygens (including phenoxy) is 1. The number of hydrogen-bond acceptors (Lipinski definition) is 6. The Morgan fingerprint density at radius 3 is 2.72 bits per heavy atom. The third kappa shape index (κ3) is 3.85. The monoisotopic (exact) mass is 409 g/mol. The lowest BCUT2D eigenvalue weighted by Gasteiger charge is -2.29. The van der Waals surface area contributed by atoms with Gasteiger partial charge in [0.2, 0.25) is 0 Å². The van der Waals surface area contributed by atoms with Crippen molar-refractivity contribution in [1.82, 2.24) is 4.98 Å². The van der Waals surface area contributed by atoms with Crippen LogP contribution in [0.15, 0.2) is 35.2 Å². The first-order valence-corrected chi connectivity index (χ1v) is 11.5. The van der Waals surface area contributed by atoms with E-state index in [9.17, 15) is 13.7 Å². The highest BCUT2D eigenvalue weighted by Gasteiger charge is 2.25. The minimum atomic E-state index is -3.30. The van der Waals surface area contributed by atoms with Gasteiger partial charge in [0.25, 0.3) is 0 Å². The predicted octanol–water partition coefficient (Wildman–Crippen LogP) is 3.51. The van der Waals surface area contributed by atoms with Crippen molar-refractivity contribution in [2.75, 3.05) is 18.7 Å². The van der Waals surface area contributed by atoms with Gasteiger partial charge in [0, 0.05) is 47.6 Å². The van der Waals surface area contributed by atoms with Crippen LogP contribution in [-0.2, 0) is 22.7 Å². The Kier molecular flexibility index (Phi) is 5.05. The van der Waals surface area contributed by atoms with Crippen molar-refractivity contribution >= 4 is 21.1 Å². The molecule has 2 aliphatic carbocycles. The van der Waals surface area contributed by atoms with E-state index in [2.05, 4.69) is 11.4 Å². The fraction of sp³-hybridized carbons (Fsp3) is 0.364. The summed E-state index contributed by atoms with van der Waals surface area (Å²) >= 11 is 0. The Labute approximate surface area is 171 Å². The highest BCUT2D eigenvalue weighted by Crippen LogP contribution is 2.36. The molecule has 0 atom stereocenters. The number of nitrogens with one attached hydrogen (secondary N) is 1. The van der Waals surface area contributed by atoms with Crippen LogP contribution in [0.5, 0.6) is 5.75 Å². The number of fused-ring (bicyclic) bond motifs is 1. The highest BCUT2D eigenvalue weighted by molar-refractivity contribution is 7.90. The maximum absolute atomic E-state index is 11.8. The van der Waals surface area contributed by atoms with Crippen LogP contribution in [0.2, 0.25) is 0 Å². The molecular formula is C22H23N3O3S. The molecule has 7 heteroatoms. The normalized spacial score (nSPS) is 15.8. The molecule has 2 aliphatic rings. The fourth-order valence-corrected chi connectivity index (χ4v) is 4.42. The zero-order valence-corrected chi connectivity index (χ0v) is 17.3. The molecule has 0 spiro atoms. The number of allylic oxidation sites excluding steroid dienone is 2. The van der Waals surface area contributed by atoms with Gasteiger partial charge in [-0.05, 0) is 37.5 Å². The third-order valence-electron chi connectivity index (χ3n) is 5.56. The number of aromatic nitrogens is 1. The minimum absolute atomic E-state index is 0.232. The van der Waals surface area contributed by atoms with Gasteiger partial charge in [-0.15, -0.1) is 0 Å². The molecule has 1 heterocycles. The molecule has 4 rings (SSSR count). The van der Waals surface area contributed by atoms with Gasteiger partial charge >= 0.3 is 0 Å². The van der Waals surface area contributed by atoms with Gasteiger partial charge in [0.1, 0.15) is 5.75 Å². The first-order valence-electron chi connectivity index (χ1n) is 9.66. The van der Waals surface area contributed by atoms with Crippen molar-refractivity contribution in [1.29, 1.82) is 5.26 Å². The van der Waals surface area contributed by atoms with Gasteiger partial charge < -0.3 is 10.1 Å². The van der Waals surface area contributed by atoms with E-state index in [1.807, 2.05) is 12.1 Å². The van der Waals surface area contributed by atoms with Crippen LogP contribution < -0.4 is 10.1 Å². The topological polar surface area (TPSA) is 92.1 Å². The minimum Gasteiger partial charge on any atom is -0.496 e. The number of anilines is 1. The number of benzene rings is 1. The summed E-state index contributed by atoms with van der Waals surface area (Å²) in [7, 11) is -1.77. The molecule has 0 saturated heterocycles. The average molecular weight is 410 g/mol. The molecule has 0 amide bonds. The summed E-state index contributed by atoms with van der Waals surface area (Å²) in [4.78, 5) is 5.02. The van der Waals surface area contributed by atoms with Crippen LogP contribution in [0, 0.1) is 11.3 Å². The van der Waals surface area contributed by atoms with Crippen LogP contribution in [0.4, 0.5) is 5.69 Å². The molecule has 0 bridgehead atoms. The van der Waals surface area contributed by atoms with Gasteiger partial charge in [-0.2, -0.15) is 5.26 Å². The van der Waals surface area contributed by atoms with Gasteiger partial charge in [-0.3, -0.25) is 4.98 Å². The average Bonchev–Trinajstić information content (AvgIpc) is 3.07. The Hall–Kier alpha value is -2.85. The Balaban J connectivity index is 1.70. The molecule has 2 aromatic rings. The maximum atomic E-state index is 11.8. The van der Waals surface area contributed by atoms with Crippen LogP contribution in [0.25, 0.3) is 5.57 Å². The zero-order valence-electron chi connectivity index (χ0n) is 16.5. The van der Waals surface area contributed by atoms with Gasteiger partial charge in [-0.1, -0.05) is 12.1 Å². The second-order valence-corrected chi connectivity index (χ2v) is 9.63. The maximum Gasteiger partial charge on any atom is 0.175 e. The SMILES string of the molecule is COc1cc(S(C)(=O)=O)ccc1Cc1cc(NC2CCC2)c2c(n1)CC=C2C#N. The molecule has 1 aromatic heterocycles. The van der Waals surface area contributed by atoms with Crippen molar-refractivity contribution < 1.29 is 13.2 Å². The van der Waals surface area contributed by atoms with E-state index >= 15 is 0 Å². The molecule has 0 radical (unpaired) electrons. The molecule has 29 heavy (non-hydrogen) atoms. The lowest BCUT2D eigenvalue weighted by Crippen LogP contribution is -2.27. The number of sulfone groups is 1. The smallest absolute Gasteiger partial charge is 0.175 e. The number of nitriles is 1. The summed E-state index contributed by atoms with van der Waals surface area (Å²) < 4.78 is 29.1. The number of methoxy groups -OCH3 is 1. The Morgan fingerprint density at radius 2 is 2.10 bits per heavy atom. The summed E-state index contributed by atoms with van der Waals surface area (Å²) in [5, 5.41) is 13.1. The van der Waals surface area contributed by atoms with E-state index in [1.54, 1.807) is 18.2 Å². The van der Waals surface area contributed by atoms with Crippen LogP contribution in [-0.4, -0.2) is 32.8 Å². The van der Waals surface area contributed by atoms with Crippen molar-refractivity contribution in [3.8, 4) is 11.8 Å². The quantitative estimate of drug-likeness (QED) is 0.785. The molecule has 0 aliphatic heterocycles. The molecule has 6 nitrogen and oxygen atoms in total. The zero-order chi connectivity index (χ0) is 20.6. The van der Waals surface area contributed by atoms with E-state index in [-0.39, 0.29) is 4.90 Å². The second-order valence-electron chi connectivity index (χ2n) is 7.61. The Bertz CT molecular complexity index is 1140. The van der Waals surface area contributed by atoms with Gasteiger partial charge in [0.15, 0.2) is 9.84 Å². The Morgan fingerprint density at radius 1 is 1.31 bits per heavy atom. The standard InChI is InChI=1S/C22H23N3O3S/c1-28-21-12-18(29(2,26)27)8-6-14(21)10-17-11-20(24-16-4-3-5-16)22-15(13-23)7-9-19(22)25-17/h6-8,11-12,16H,3-5,9-10H2,1-2H3,(H,24,25). The van der Waals surface area contributed by atoms with E-state index < -0.39 is 9.84 Å². The molecular weight excluding hydrogens is 386 g/mol. The summed E-state index contributed by atoms with van der Waals surface area (Å²) in [6.45, 7) is 0. The molecule has 150 valence electrons. The number of rotatable bonds is 6. The van der Waals surface area contributed by atoms with E-state index in [1.165, 1.54) is 19.8 Å². The molecule has 1 N–H and O–H groups in total. The van der Waals surface area contributed by atoms with E-state index in [0.29, 0.717) is 30.2 Å². The first-order chi connectivity index (χ1) is 13.9. The van der Waals surface area contributed by atoms with Crippen LogP contribution >= 0.6 is 0 Å². The summed E-state index contributed by atoms with van der Waals surface area (Å²) in [6.07, 6.45) is 7.77. The molecule has 0 unspecified atom stereocenters. The summed E-state index contributed by atoms with van der Waals surface area (Å²) in [5.41, 5.74) is 5.20. The first kappa shape index (κ1) is 19.5. The second kappa shape index (κ2) is 7.53. The fourth-order valence-electron chi connectivity index (χ4n) is 3.78. The highest BCUT2D eigenvalue weighted by atomic mass is 32.2. The van der Waals surface area contributed by atoms with E-state index in [4.69, 9.17) is 9.72 Å². The van der Waals surface area contributed by atoms with Crippen molar-refractivity contribution in [3.05, 3.63) is 52.9 Å². The number of nitrogens with zero attached hydrogens (tertiary/aromatic N) is 2. The van der Waals surface area contributed by atoms with Crippen LogP contribution in [0.1, 0.15) is 41.8 Å². The van der Waals surface area contributed by atoms with Crippen LogP contribution in [0.3, 0.4) is 0 Å². The number of hydrogen-bond donors (Lipinski definition) is 1. The van der Waals surface area contributed by atoms with Gasteiger partial charge in [0.05, 0.1) is 29.3 Å². The largest absolute Gasteiger partial charge is 0.496 e. The van der Waals surface area contributed by atoms with Gasteiger partial charge in [-0.25, -0.2) is 8.42 Å². The lowest BCUT2D eigenvalue weighted by atomic mass is 9.92. The lowest BCUT2D eigenvalue weighted by molar-refractivity contribution is 0.409. The predicted molar refractivity (Wildman–Crippen MR) is 112 cm³/mol. The van der Waals surface area contributed by atoms with Crippen molar-refractivity contribution in [3.63, 3.8) is 0 Å².